The van der Waals surface area contributed by atoms with Crippen molar-refractivity contribution in [1.82, 2.24) is 9.80 Å². The lowest BCUT2D eigenvalue weighted by atomic mass is 9.96. The Hall–Kier alpha value is -0.900. The average molecular weight is 262 g/mol. The number of hydrogen-bond donors (Lipinski definition) is 1. The zero-order valence-corrected chi connectivity index (χ0v) is 12.0. The van der Waals surface area contributed by atoms with Gasteiger partial charge in [-0.1, -0.05) is 30.3 Å². The molecule has 1 aromatic carbocycles. The smallest absolute Gasteiger partial charge is 0.0558 e. The van der Waals surface area contributed by atoms with Crippen LogP contribution in [0.4, 0.5) is 0 Å². The van der Waals surface area contributed by atoms with E-state index in [0.717, 1.165) is 25.6 Å². The van der Waals surface area contributed by atoms with Crippen LogP contribution in [0.1, 0.15) is 18.4 Å². The highest BCUT2D eigenvalue weighted by molar-refractivity contribution is 5.14. The first-order chi connectivity index (χ1) is 9.28. The predicted octanol–water partition coefficient (Wildman–Crippen LogP) is 1.82. The summed E-state index contributed by atoms with van der Waals surface area (Å²) in [5, 5.41) is 8.92. The van der Waals surface area contributed by atoms with E-state index in [1.165, 1.54) is 31.5 Å². The van der Waals surface area contributed by atoms with Crippen molar-refractivity contribution in [2.24, 2.45) is 5.92 Å². The van der Waals surface area contributed by atoms with E-state index < -0.39 is 0 Å². The van der Waals surface area contributed by atoms with Crippen molar-refractivity contribution in [3.05, 3.63) is 35.9 Å². The molecule has 1 aliphatic rings. The lowest BCUT2D eigenvalue weighted by Crippen LogP contribution is -2.38. The van der Waals surface area contributed by atoms with Crippen molar-refractivity contribution in [1.29, 1.82) is 0 Å². The summed E-state index contributed by atoms with van der Waals surface area (Å²) in [6, 6.07) is 10.7. The van der Waals surface area contributed by atoms with Crippen LogP contribution in [0.15, 0.2) is 30.3 Å². The molecule has 0 amide bonds. The van der Waals surface area contributed by atoms with Crippen molar-refractivity contribution in [2.75, 3.05) is 39.8 Å². The quantitative estimate of drug-likeness (QED) is 0.847. The van der Waals surface area contributed by atoms with Gasteiger partial charge in [-0.15, -0.1) is 0 Å². The van der Waals surface area contributed by atoms with Crippen LogP contribution in [0.3, 0.4) is 0 Å². The molecule has 106 valence electrons. The summed E-state index contributed by atoms with van der Waals surface area (Å²) in [6.07, 6.45) is 2.56. The summed E-state index contributed by atoms with van der Waals surface area (Å²) in [6.45, 7) is 5.67. The highest BCUT2D eigenvalue weighted by atomic mass is 16.3. The molecule has 3 nitrogen and oxygen atoms in total. The molecule has 19 heavy (non-hydrogen) atoms. The van der Waals surface area contributed by atoms with Crippen LogP contribution in [0.25, 0.3) is 0 Å². The van der Waals surface area contributed by atoms with Gasteiger partial charge in [0.2, 0.25) is 0 Å². The molecule has 1 fully saturated rings. The minimum atomic E-state index is 0.267. The highest BCUT2D eigenvalue weighted by Crippen LogP contribution is 2.19. The van der Waals surface area contributed by atoms with Crippen molar-refractivity contribution in [3.63, 3.8) is 0 Å². The van der Waals surface area contributed by atoms with E-state index in [4.69, 9.17) is 5.11 Å². The van der Waals surface area contributed by atoms with E-state index in [9.17, 15) is 0 Å². The van der Waals surface area contributed by atoms with Gasteiger partial charge in [0.1, 0.15) is 0 Å². The fourth-order valence-corrected chi connectivity index (χ4v) is 2.87. The molecule has 0 saturated carbocycles. The molecule has 2 rings (SSSR count). The molecule has 0 bridgehead atoms. The van der Waals surface area contributed by atoms with E-state index in [2.05, 4.69) is 47.2 Å². The van der Waals surface area contributed by atoms with Crippen LogP contribution in [-0.2, 0) is 6.54 Å². The number of rotatable bonds is 6. The van der Waals surface area contributed by atoms with Crippen molar-refractivity contribution in [3.8, 4) is 0 Å². The van der Waals surface area contributed by atoms with Crippen LogP contribution >= 0.6 is 0 Å². The maximum Gasteiger partial charge on any atom is 0.0558 e. The SMILES string of the molecule is CN(CCO)CC1CCN(Cc2ccccc2)CC1. The molecule has 1 N–H and O–H groups in total. The molecule has 1 aromatic rings. The first-order valence-electron chi connectivity index (χ1n) is 7.33. The van der Waals surface area contributed by atoms with E-state index in [-0.39, 0.29) is 6.61 Å². The van der Waals surface area contributed by atoms with Gasteiger partial charge >= 0.3 is 0 Å². The lowest BCUT2D eigenvalue weighted by molar-refractivity contribution is 0.138. The van der Waals surface area contributed by atoms with Crippen molar-refractivity contribution >= 4 is 0 Å². The minimum Gasteiger partial charge on any atom is -0.395 e. The fourth-order valence-electron chi connectivity index (χ4n) is 2.87. The third-order valence-corrected chi connectivity index (χ3v) is 4.01. The second-order valence-electron chi connectivity index (χ2n) is 5.69. The summed E-state index contributed by atoms with van der Waals surface area (Å²) < 4.78 is 0. The summed E-state index contributed by atoms with van der Waals surface area (Å²) >= 11 is 0. The topological polar surface area (TPSA) is 26.7 Å². The van der Waals surface area contributed by atoms with Crippen molar-refractivity contribution in [2.45, 2.75) is 19.4 Å². The second kappa shape index (κ2) is 7.63. The Morgan fingerprint density at radius 3 is 2.53 bits per heavy atom. The molecule has 1 heterocycles. The molecule has 0 aliphatic carbocycles. The Morgan fingerprint density at radius 1 is 1.21 bits per heavy atom. The summed E-state index contributed by atoms with van der Waals surface area (Å²) in [5.41, 5.74) is 1.42. The van der Waals surface area contributed by atoms with Crippen LogP contribution in [0.2, 0.25) is 0 Å². The van der Waals surface area contributed by atoms with Gasteiger partial charge < -0.3 is 10.0 Å². The average Bonchev–Trinajstić information content (AvgIpc) is 2.42. The number of likely N-dealkylation sites (tertiary alicyclic amines) is 1. The molecule has 0 aromatic heterocycles. The number of aliphatic hydroxyl groups excluding tert-OH is 1. The molecule has 0 unspecified atom stereocenters. The third kappa shape index (κ3) is 4.94. The normalized spacial score (nSPS) is 18.1. The number of likely N-dealkylation sites (N-methyl/N-ethyl adjacent to an activating group) is 1. The van der Waals surface area contributed by atoms with Crippen LogP contribution < -0.4 is 0 Å². The van der Waals surface area contributed by atoms with Gasteiger partial charge in [-0.05, 0) is 44.5 Å². The zero-order valence-electron chi connectivity index (χ0n) is 12.0. The monoisotopic (exact) mass is 262 g/mol. The minimum absolute atomic E-state index is 0.267. The van der Waals surface area contributed by atoms with Gasteiger partial charge in [-0.2, -0.15) is 0 Å². The summed E-state index contributed by atoms with van der Waals surface area (Å²) in [7, 11) is 2.10. The van der Waals surface area contributed by atoms with Crippen molar-refractivity contribution < 1.29 is 5.11 Å². The maximum absolute atomic E-state index is 8.92. The molecule has 0 radical (unpaired) electrons. The van der Waals surface area contributed by atoms with E-state index in [1.54, 1.807) is 0 Å². The van der Waals surface area contributed by atoms with E-state index in [1.807, 2.05) is 0 Å². The van der Waals surface area contributed by atoms with Crippen LogP contribution in [0.5, 0.6) is 0 Å². The van der Waals surface area contributed by atoms with Gasteiger partial charge in [0, 0.05) is 19.6 Å². The van der Waals surface area contributed by atoms with E-state index >= 15 is 0 Å². The Kier molecular flexibility index (Phi) is 5.83. The number of aliphatic hydroxyl groups is 1. The first-order valence-corrected chi connectivity index (χ1v) is 7.33. The lowest BCUT2D eigenvalue weighted by Gasteiger charge is -2.33. The molecular weight excluding hydrogens is 236 g/mol. The summed E-state index contributed by atoms with van der Waals surface area (Å²) in [4.78, 5) is 4.80. The van der Waals surface area contributed by atoms with Gasteiger partial charge in [-0.3, -0.25) is 4.90 Å². The largest absolute Gasteiger partial charge is 0.395 e. The number of piperidine rings is 1. The Bertz CT molecular complexity index is 347. The molecule has 0 spiro atoms. The Balaban J connectivity index is 1.70. The maximum atomic E-state index is 8.92. The van der Waals surface area contributed by atoms with E-state index in [0.29, 0.717) is 0 Å². The van der Waals surface area contributed by atoms with Crippen LogP contribution in [-0.4, -0.2) is 54.7 Å². The predicted molar refractivity (Wildman–Crippen MR) is 79.0 cm³/mol. The second-order valence-corrected chi connectivity index (χ2v) is 5.69. The van der Waals surface area contributed by atoms with Gasteiger partial charge in [-0.25, -0.2) is 0 Å². The molecule has 3 heteroatoms. The van der Waals surface area contributed by atoms with Gasteiger partial charge in [0.25, 0.3) is 0 Å². The molecular formula is C16H26N2O. The number of nitrogens with zero attached hydrogens (tertiary/aromatic N) is 2. The molecule has 1 saturated heterocycles. The number of benzene rings is 1. The fraction of sp³-hybridized carbons (Fsp3) is 0.625. The third-order valence-electron chi connectivity index (χ3n) is 4.01. The Morgan fingerprint density at radius 2 is 1.89 bits per heavy atom. The summed E-state index contributed by atoms with van der Waals surface area (Å²) in [5.74, 6) is 0.795. The Labute approximate surface area is 116 Å². The standard InChI is InChI=1S/C16H26N2O/c1-17(11-12-19)13-16-7-9-18(10-8-16)14-15-5-3-2-4-6-15/h2-6,16,19H,7-14H2,1H3. The first kappa shape index (κ1) is 14.5. The van der Waals surface area contributed by atoms with Gasteiger partial charge in [0.15, 0.2) is 0 Å². The number of hydrogen-bond acceptors (Lipinski definition) is 3. The van der Waals surface area contributed by atoms with Gasteiger partial charge in [0.05, 0.1) is 6.61 Å². The zero-order chi connectivity index (χ0) is 13.5. The highest BCUT2D eigenvalue weighted by Gasteiger charge is 2.20. The molecule has 1 aliphatic heterocycles. The molecule has 0 atom stereocenters. The van der Waals surface area contributed by atoms with Crippen LogP contribution in [0, 0.1) is 5.92 Å².